The Kier molecular flexibility index (Phi) is 6.55. The van der Waals surface area contributed by atoms with Gasteiger partial charge >= 0.3 is 5.69 Å². The Labute approximate surface area is 130 Å². The summed E-state index contributed by atoms with van der Waals surface area (Å²) in [6.45, 7) is 9.28. The van der Waals surface area contributed by atoms with Crippen molar-refractivity contribution in [3.8, 4) is 5.88 Å². The molecule has 0 spiro atoms. The van der Waals surface area contributed by atoms with Crippen LogP contribution in [0.25, 0.3) is 0 Å². The first-order chi connectivity index (χ1) is 10.4. The fourth-order valence-electron chi connectivity index (χ4n) is 2.32. The molecule has 0 aliphatic rings. The molecule has 0 atom stereocenters. The summed E-state index contributed by atoms with van der Waals surface area (Å²) in [5, 5.41) is 10.1. The summed E-state index contributed by atoms with van der Waals surface area (Å²) >= 11 is 0. The van der Waals surface area contributed by atoms with Crippen molar-refractivity contribution in [2.75, 3.05) is 26.2 Å². The number of aromatic nitrogens is 2. The van der Waals surface area contributed by atoms with E-state index >= 15 is 0 Å². The minimum Gasteiger partial charge on any atom is -0.494 e. The topological polar surface area (TPSA) is 79.8 Å². The molecule has 1 aromatic heterocycles. The molecule has 0 saturated carbocycles. The van der Waals surface area contributed by atoms with Gasteiger partial charge in [-0.2, -0.15) is 0 Å². The Morgan fingerprint density at radius 2 is 1.73 bits per heavy atom. The summed E-state index contributed by atoms with van der Waals surface area (Å²) in [6, 6.07) is 0. The van der Waals surface area contributed by atoms with Gasteiger partial charge < -0.3 is 10.0 Å². The summed E-state index contributed by atoms with van der Waals surface area (Å²) in [7, 11) is 2.83. The minimum atomic E-state index is -0.551. The second-order valence-corrected chi connectivity index (χ2v) is 5.11. The zero-order chi connectivity index (χ0) is 16.9. The van der Waals surface area contributed by atoms with Gasteiger partial charge in [-0.15, -0.1) is 0 Å². The van der Waals surface area contributed by atoms with E-state index in [-0.39, 0.29) is 11.4 Å². The van der Waals surface area contributed by atoms with Crippen molar-refractivity contribution in [3.05, 3.63) is 26.4 Å². The Balaban J connectivity index is 3.21. The Hall–Kier alpha value is -1.89. The highest BCUT2D eigenvalue weighted by atomic mass is 16.3. The fraction of sp³-hybridized carbons (Fsp3) is 0.667. The van der Waals surface area contributed by atoms with Crippen molar-refractivity contribution in [2.24, 2.45) is 19.1 Å². The summed E-state index contributed by atoms with van der Waals surface area (Å²) < 4.78 is 2.05. The molecular formula is C15H26N4O3. The molecule has 7 nitrogen and oxygen atoms in total. The first-order valence-electron chi connectivity index (χ1n) is 7.63. The van der Waals surface area contributed by atoms with Gasteiger partial charge in [0.1, 0.15) is 5.56 Å². The normalized spacial score (nSPS) is 12.2. The molecule has 1 aromatic rings. The average Bonchev–Trinajstić information content (AvgIpc) is 2.53. The van der Waals surface area contributed by atoms with Gasteiger partial charge in [-0.25, -0.2) is 4.79 Å². The SMILES string of the molecule is CCC(=NCCN(CC)CC)c1c(O)n(C)c(=O)n(C)c1=O. The highest BCUT2D eigenvalue weighted by Crippen LogP contribution is 2.12. The van der Waals surface area contributed by atoms with Crippen LogP contribution < -0.4 is 11.2 Å². The molecule has 1 heterocycles. The molecule has 22 heavy (non-hydrogen) atoms. The average molecular weight is 310 g/mol. The lowest BCUT2D eigenvalue weighted by Crippen LogP contribution is -2.40. The maximum atomic E-state index is 12.3. The van der Waals surface area contributed by atoms with Crippen LogP contribution in [0.1, 0.15) is 32.8 Å². The Morgan fingerprint density at radius 3 is 2.23 bits per heavy atom. The largest absolute Gasteiger partial charge is 0.494 e. The number of aliphatic imine (C=N–C) groups is 1. The van der Waals surface area contributed by atoms with Crippen LogP contribution in [0.3, 0.4) is 0 Å². The van der Waals surface area contributed by atoms with Gasteiger partial charge in [0.25, 0.3) is 5.56 Å². The predicted octanol–water partition coefficient (Wildman–Crippen LogP) is 0.331. The number of aromatic hydroxyl groups is 1. The zero-order valence-corrected chi connectivity index (χ0v) is 14.1. The van der Waals surface area contributed by atoms with Gasteiger partial charge in [-0.05, 0) is 19.5 Å². The van der Waals surface area contributed by atoms with E-state index in [9.17, 15) is 14.7 Å². The van der Waals surface area contributed by atoms with Crippen molar-refractivity contribution in [1.82, 2.24) is 14.0 Å². The van der Waals surface area contributed by atoms with E-state index in [4.69, 9.17) is 0 Å². The van der Waals surface area contributed by atoms with Crippen molar-refractivity contribution in [3.63, 3.8) is 0 Å². The van der Waals surface area contributed by atoms with Gasteiger partial charge in [0, 0.05) is 20.6 Å². The van der Waals surface area contributed by atoms with Crippen molar-refractivity contribution >= 4 is 5.71 Å². The summed E-state index contributed by atoms with van der Waals surface area (Å²) in [5.74, 6) is -0.323. The highest BCUT2D eigenvalue weighted by Gasteiger charge is 2.18. The molecular weight excluding hydrogens is 284 g/mol. The standard InChI is InChI=1S/C15H26N4O3/c1-6-11(16-9-10-19(7-2)8-3)12-13(20)17(4)15(22)18(5)14(12)21/h20H,6-10H2,1-5H3. The third-order valence-corrected chi connectivity index (χ3v) is 3.87. The van der Waals surface area contributed by atoms with E-state index in [2.05, 4.69) is 23.7 Å². The van der Waals surface area contributed by atoms with Crippen LogP contribution in [0, 0.1) is 0 Å². The van der Waals surface area contributed by atoms with E-state index in [0.29, 0.717) is 18.7 Å². The maximum Gasteiger partial charge on any atom is 0.333 e. The lowest BCUT2D eigenvalue weighted by atomic mass is 10.1. The number of nitrogens with zero attached hydrogens (tertiary/aromatic N) is 4. The molecule has 0 radical (unpaired) electrons. The zero-order valence-electron chi connectivity index (χ0n) is 14.1. The second kappa shape index (κ2) is 7.93. The molecule has 0 fully saturated rings. The fourth-order valence-corrected chi connectivity index (χ4v) is 2.32. The summed E-state index contributed by atoms with van der Waals surface area (Å²) in [6.07, 6.45) is 0.513. The monoisotopic (exact) mass is 310 g/mol. The van der Waals surface area contributed by atoms with Crippen molar-refractivity contribution in [2.45, 2.75) is 27.2 Å². The van der Waals surface area contributed by atoms with Gasteiger partial charge in [0.05, 0.1) is 12.3 Å². The van der Waals surface area contributed by atoms with E-state index < -0.39 is 11.2 Å². The summed E-state index contributed by atoms with van der Waals surface area (Å²) in [5.41, 5.74) is -0.415. The molecule has 0 aromatic carbocycles. The number of hydrogen-bond donors (Lipinski definition) is 1. The van der Waals surface area contributed by atoms with E-state index in [1.165, 1.54) is 14.1 Å². The van der Waals surface area contributed by atoms with Crippen LogP contribution in [-0.2, 0) is 14.1 Å². The number of likely N-dealkylation sites (N-methyl/N-ethyl adjacent to an activating group) is 1. The van der Waals surface area contributed by atoms with Crippen LogP contribution in [0.2, 0.25) is 0 Å². The quantitative estimate of drug-likeness (QED) is 0.736. The summed E-state index contributed by atoms with van der Waals surface area (Å²) in [4.78, 5) is 30.7. The van der Waals surface area contributed by atoms with Crippen LogP contribution in [0.5, 0.6) is 5.88 Å². The second-order valence-electron chi connectivity index (χ2n) is 5.11. The molecule has 0 amide bonds. The Morgan fingerprint density at radius 1 is 1.14 bits per heavy atom. The molecule has 1 N–H and O–H groups in total. The molecule has 0 saturated heterocycles. The molecule has 0 aliphatic carbocycles. The molecule has 1 rings (SSSR count). The lowest BCUT2D eigenvalue weighted by molar-refractivity contribution is 0.313. The lowest BCUT2D eigenvalue weighted by Gasteiger charge is -2.17. The predicted molar refractivity (Wildman–Crippen MR) is 88.1 cm³/mol. The van der Waals surface area contributed by atoms with Crippen LogP contribution >= 0.6 is 0 Å². The molecule has 0 unspecified atom stereocenters. The van der Waals surface area contributed by atoms with Gasteiger partial charge in [-0.3, -0.25) is 18.9 Å². The third-order valence-electron chi connectivity index (χ3n) is 3.87. The van der Waals surface area contributed by atoms with E-state index in [1.807, 2.05) is 6.92 Å². The number of hydrogen-bond acceptors (Lipinski definition) is 5. The van der Waals surface area contributed by atoms with Gasteiger partial charge in [0.2, 0.25) is 5.88 Å². The van der Waals surface area contributed by atoms with Crippen LogP contribution in [-0.4, -0.2) is 51.0 Å². The van der Waals surface area contributed by atoms with Crippen LogP contribution in [0.4, 0.5) is 0 Å². The van der Waals surface area contributed by atoms with Crippen molar-refractivity contribution < 1.29 is 5.11 Å². The maximum absolute atomic E-state index is 12.3. The molecule has 7 heteroatoms. The molecule has 0 aliphatic heterocycles. The molecule has 0 bridgehead atoms. The highest BCUT2D eigenvalue weighted by molar-refractivity contribution is 6.01. The molecule has 124 valence electrons. The number of rotatable bonds is 7. The van der Waals surface area contributed by atoms with Gasteiger partial charge in [-0.1, -0.05) is 20.8 Å². The van der Waals surface area contributed by atoms with E-state index in [1.54, 1.807) is 0 Å². The first-order valence-corrected chi connectivity index (χ1v) is 7.63. The smallest absolute Gasteiger partial charge is 0.333 e. The van der Waals surface area contributed by atoms with Gasteiger partial charge in [0.15, 0.2) is 0 Å². The van der Waals surface area contributed by atoms with Crippen molar-refractivity contribution in [1.29, 1.82) is 0 Å². The first kappa shape index (κ1) is 18.2. The van der Waals surface area contributed by atoms with Crippen LogP contribution in [0.15, 0.2) is 14.6 Å². The Bertz CT molecular complexity index is 654. The third kappa shape index (κ3) is 3.65. The minimum absolute atomic E-state index is 0.117. The van der Waals surface area contributed by atoms with E-state index in [0.717, 1.165) is 28.8 Å².